The summed E-state index contributed by atoms with van der Waals surface area (Å²) < 4.78 is 8.29. The fraction of sp³-hybridized carbons (Fsp3) is 0.273. The minimum atomic E-state index is -1.03. The SMILES string of the molecule is CCC(O)c1c(CC(C)(C)C(=O)O)n(Cc2ccc(Cl)cc2)c2ccc(OCc3ccc4ccccc4n3)cc12. The predicted octanol–water partition coefficient (Wildman–Crippen LogP) is 7.57. The molecule has 0 saturated heterocycles. The van der Waals surface area contributed by atoms with E-state index in [0.29, 0.717) is 30.3 Å². The average Bonchev–Trinajstić information content (AvgIpc) is 3.23. The number of aromatic nitrogens is 2. The van der Waals surface area contributed by atoms with Crippen LogP contribution in [0.5, 0.6) is 5.75 Å². The summed E-state index contributed by atoms with van der Waals surface area (Å²) in [4.78, 5) is 16.8. The Kier molecular flexibility index (Phi) is 7.83. The minimum Gasteiger partial charge on any atom is -0.487 e. The second-order valence-corrected chi connectivity index (χ2v) is 11.3. The van der Waals surface area contributed by atoms with Crippen LogP contribution < -0.4 is 4.74 Å². The molecule has 1 unspecified atom stereocenters. The van der Waals surface area contributed by atoms with E-state index in [1.807, 2.05) is 85.8 Å². The number of para-hydroxylation sites is 1. The summed E-state index contributed by atoms with van der Waals surface area (Å²) in [6.07, 6.45) is -0.00752. The number of aliphatic hydroxyl groups excluding tert-OH is 1. The number of carboxylic acids is 1. The number of benzene rings is 3. The fourth-order valence-corrected chi connectivity index (χ4v) is 5.19. The van der Waals surface area contributed by atoms with Gasteiger partial charge in [0, 0.05) is 45.5 Å². The van der Waals surface area contributed by atoms with Crippen molar-refractivity contribution in [2.24, 2.45) is 5.41 Å². The predicted molar refractivity (Wildman–Crippen MR) is 159 cm³/mol. The quantitative estimate of drug-likeness (QED) is 0.185. The third-order valence-corrected chi connectivity index (χ3v) is 7.64. The van der Waals surface area contributed by atoms with Crippen LogP contribution in [0.1, 0.15) is 55.8 Å². The molecule has 0 saturated carbocycles. The van der Waals surface area contributed by atoms with E-state index in [0.717, 1.165) is 44.3 Å². The molecule has 2 heterocycles. The van der Waals surface area contributed by atoms with Crippen LogP contribution in [0, 0.1) is 5.41 Å². The number of pyridine rings is 1. The van der Waals surface area contributed by atoms with Gasteiger partial charge in [0.15, 0.2) is 0 Å². The molecular weight excluding hydrogens is 524 g/mol. The maximum absolute atomic E-state index is 12.1. The lowest BCUT2D eigenvalue weighted by atomic mass is 9.85. The lowest BCUT2D eigenvalue weighted by Gasteiger charge is -2.23. The molecule has 7 heteroatoms. The highest BCUT2D eigenvalue weighted by atomic mass is 35.5. The smallest absolute Gasteiger partial charge is 0.309 e. The highest BCUT2D eigenvalue weighted by Gasteiger charge is 2.32. The van der Waals surface area contributed by atoms with Gasteiger partial charge in [0.2, 0.25) is 0 Å². The topological polar surface area (TPSA) is 84.6 Å². The summed E-state index contributed by atoms with van der Waals surface area (Å²) in [6.45, 7) is 6.16. The van der Waals surface area contributed by atoms with Crippen LogP contribution in [0.2, 0.25) is 5.02 Å². The van der Waals surface area contributed by atoms with Gasteiger partial charge in [0.05, 0.1) is 22.7 Å². The molecule has 2 aromatic heterocycles. The Morgan fingerprint density at radius 1 is 1.05 bits per heavy atom. The number of ether oxygens (including phenoxy) is 1. The molecule has 0 aliphatic heterocycles. The number of aliphatic carboxylic acids is 1. The maximum Gasteiger partial charge on any atom is 0.309 e. The van der Waals surface area contributed by atoms with Crippen LogP contribution in [0.15, 0.2) is 78.9 Å². The standard InChI is InChI=1S/C33H33ClN2O4/c1-4-30(37)31-26-17-25(40-20-24-14-11-22-7-5-6-8-27(22)35-24)15-16-28(26)36(19-21-9-12-23(34)13-10-21)29(31)18-33(2,3)32(38)39/h5-17,30,37H,4,18-20H2,1-3H3,(H,38,39). The van der Waals surface area contributed by atoms with E-state index in [1.165, 1.54) is 0 Å². The number of carboxylic acid groups (broad SMARTS) is 1. The number of nitrogens with zero attached hydrogens (tertiary/aromatic N) is 2. The molecule has 206 valence electrons. The molecule has 0 amide bonds. The third-order valence-electron chi connectivity index (χ3n) is 7.39. The van der Waals surface area contributed by atoms with Gasteiger partial charge >= 0.3 is 5.97 Å². The Balaban J connectivity index is 1.57. The van der Waals surface area contributed by atoms with Crippen LogP contribution >= 0.6 is 11.6 Å². The Bertz CT molecular complexity index is 1670. The van der Waals surface area contributed by atoms with Gasteiger partial charge < -0.3 is 19.5 Å². The van der Waals surface area contributed by atoms with E-state index >= 15 is 0 Å². The van der Waals surface area contributed by atoms with Crippen molar-refractivity contribution in [1.82, 2.24) is 9.55 Å². The summed E-state index contributed by atoms with van der Waals surface area (Å²) in [6, 6.07) is 25.4. The number of fused-ring (bicyclic) bond motifs is 2. The van der Waals surface area contributed by atoms with E-state index in [4.69, 9.17) is 21.3 Å². The molecule has 5 aromatic rings. The van der Waals surface area contributed by atoms with Gasteiger partial charge in [-0.15, -0.1) is 0 Å². The third kappa shape index (κ3) is 5.69. The van der Waals surface area contributed by atoms with E-state index in [-0.39, 0.29) is 6.42 Å². The summed E-state index contributed by atoms with van der Waals surface area (Å²) in [5.74, 6) is -0.237. The van der Waals surface area contributed by atoms with Crippen LogP contribution in [0.4, 0.5) is 0 Å². The van der Waals surface area contributed by atoms with E-state index in [2.05, 4.69) is 4.57 Å². The average molecular weight is 557 g/mol. The number of hydrogen-bond donors (Lipinski definition) is 2. The largest absolute Gasteiger partial charge is 0.487 e. The van der Waals surface area contributed by atoms with E-state index in [9.17, 15) is 15.0 Å². The van der Waals surface area contributed by atoms with Crippen LogP contribution in [0.25, 0.3) is 21.8 Å². The van der Waals surface area contributed by atoms with Crippen molar-refractivity contribution < 1.29 is 19.7 Å². The highest BCUT2D eigenvalue weighted by molar-refractivity contribution is 6.30. The molecule has 5 rings (SSSR count). The van der Waals surface area contributed by atoms with Gasteiger partial charge in [-0.25, -0.2) is 4.98 Å². The molecule has 6 nitrogen and oxygen atoms in total. The number of halogens is 1. The summed E-state index contributed by atoms with van der Waals surface area (Å²) in [5, 5.41) is 23.8. The van der Waals surface area contributed by atoms with Crippen LogP contribution in [-0.2, 0) is 24.4 Å². The van der Waals surface area contributed by atoms with Crippen LogP contribution in [-0.4, -0.2) is 25.7 Å². The first-order chi connectivity index (χ1) is 19.2. The second-order valence-electron chi connectivity index (χ2n) is 10.8. The first kappa shape index (κ1) is 27.7. The molecule has 0 aliphatic rings. The van der Waals surface area contributed by atoms with Crippen molar-refractivity contribution in [2.75, 3.05) is 0 Å². The fourth-order valence-electron chi connectivity index (χ4n) is 5.06. The monoisotopic (exact) mass is 556 g/mol. The minimum absolute atomic E-state index is 0.258. The zero-order valence-electron chi connectivity index (χ0n) is 22.9. The van der Waals surface area contributed by atoms with Gasteiger partial charge in [-0.2, -0.15) is 0 Å². The molecule has 0 bridgehead atoms. The molecule has 0 spiro atoms. The maximum atomic E-state index is 12.1. The van der Waals surface area contributed by atoms with Crippen molar-refractivity contribution >= 4 is 39.4 Å². The highest BCUT2D eigenvalue weighted by Crippen LogP contribution is 2.38. The first-order valence-corrected chi connectivity index (χ1v) is 13.8. The van der Waals surface area contributed by atoms with Gasteiger partial charge in [0.1, 0.15) is 12.4 Å². The zero-order chi connectivity index (χ0) is 28.4. The molecule has 2 N–H and O–H groups in total. The Morgan fingerprint density at radius 3 is 2.52 bits per heavy atom. The van der Waals surface area contributed by atoms with Gasteiger partial charge in [0.25, 0.3) is 0 Å². The van der Waals surface area contributed by atoms with Gasteiger partial charge in [-0.3, -0.25) is 4.79 Å². The number of carbonyl (C=O) groups is 1. The number of aliphatic hydroxyl groups is 1. The Hall–Kier alpha value is -3.87. The summed E-state index contributed by atoms with van der Waals surface area (Å²) in [5.41, 5.74) is 4.18. The van der Waals surface area contributed by atoms with Crippen LogP contribution in [0.3, 0.4) is 0 Å². The lowest BCUT2D eigenvalue weighted by molar-refractivity contribution is -0.146. The number of hydrogen-bond acceptors (Lipinski definition) is 4. The van der Waals surface area contributed by atoms with E-state index < -0.39 is 17.5 Å². The Morgan fingerprint density at radius 2 is 1.80 bits per heavy atom. The van der Waals surface area contributed by atoms with Crippen molar-refractivity contribution in [2.45, 2.75) is 52.9 Å². The molecule has 0 fully saturated rings. The molecule has 40 heavy (non-hydrogen) atoms. The van der Waals surface area contributed by atoms with Gasteiger partial charge in [-0.1, -0.05) is 54.9 Å². The summed E-state index contributed by atoms with van der Waals surface area (Å²) in [7, 11) is 0. The second kappa shape index (κ2) is 11.3. The molecule has 0 aliphatic carbocycles. The molecular formula is C33H33ClN2O4. The van der Waals surface area contributed by atoms with E-state index in [1.54, 1.807) is 13.8 Å². The van der Waals surface area contributed by atoms with Crippen molar-refractivity contribution in [3.8, 4) is 5.75 Å². The molecule has 1 atom stereocenters. The number of rotatable bonds is 10. The van der Waals surface area contributed by atoms with Crippen molar-refractivity contribution in [1.29, 1.82) is 0 Å². The zero-order valence-corrected chi connectivity index (χ0v) is 23.7. The summed E-state index contributed by atoms with van der Waals surface area (Å²) >= 11 is 6.12. The van der Waals surface area contributed by atoms with Crippen molar-refractivity contribution in [3.63, 3.8) is 0 Å². The normalized spacial score (nSPS) is 12.6. The van der Waals surface area contributed by atoms with Gasteiger partial charge in [-0.05, 0) is 68.3 Å². The lowest BCUT2D eigenvalue weighted by Crippen LogP contribution is -2.28. The molecule has 0 radical (unpaired) electrons. The first-order valence-electron chi connectivity index (χ1n) is 13.4. The Labute approximate surface area is 238 Å². The van der Waals surface area contributed by atoms with Crippen molar-refractivity contribution in [3.05, 3.63) is 106 Å². The molecule has 3 aromatic carbocycles.